The number of H-pyrrole nitrogens is 1. The molecule has 0 fully saturated rings. The van der Waals surface area contributed by atoms with Crippen molar-refractivity contribution in [3.63, 3.8) is 0 Å². The number of halogens is 4. The molecule has 0 bridgehead atoms. The fourth-order valence-corrected chi connectivity index (χ4v) is 3.09. The zero-order valence-corrected chi connectivity index (χ0v) is 17.2. The Hall–Kier alpha value is -3.89. The van der Waals surface area contributed by atoms with Gasteiger partial charge >= 0.3 is 0 Å². The third-order valence-corrected chi connectivity index (χ3v) is 4.52. The average Bonchev–Trinajstić information content (AvgIpc) is 3.16. The van der Waals surface area contributed by atoms with E-state index in [1.807, 2.05) is 0 Å². The molecule has 32 heavy (non-hydrogen) atoms. The highest BCUT2D eigenvalue weighted by Crippen LogP contribution is 2.24. The standard InChI is InChI=1S/C21H21F4N7/c1-11-9-15(20(24)25)32(31-11)17-10-16(26)30-21(27)14(7-8-29-17)18(28-2)12-3-5-13(6-4-12)19(22)23/h3-10,19-20,30H,26-27H2,1-2H3. The SMILES string of the molecule is CN=C(c1ccc(C(F)F)cc1)c1ccnc(-n2nc(C)cc2C(F)F)cc(N)[nH]c1N. The summed E-state index contributed by atoms with van der Waals surface area (Å²) in [6.45, 7) is 1.58. The van der Waals surface area contributed by atoms with Crippen LogP contribution in [-0.2, 0) is 0 Å². The van der Waals surface area contributed by atoms with E-state index in [0.717, 1.165) is 4.68 Å². The van der Waals surface area contributed by atoms with Crippen LogP contribution in [0.5, 0.6) is 0 Å². The van der Waals surface area contributed by atoms with Gasteiger partial charge in [0.1, 0.15) is 17.3 Å². The van der Waals surface area contributed by atoms with Gasteiger partial charge in [-0.15, -0.1) is 0 Å². The molecule has 0 spiro atoms. The Morgan fingerprint density at radius 2 is 1.72 bits per heavy atom. The van der Waals surface area contributed by atoms with Crippen LogP contribution in [0.2, 0.25) is 0 Å². The second kappa shape index (κ2) is 9.50. The third-order valence-electron chi connectivity index (χ3n) is 4.52. The molecular formula is C21H21F4N7. The summed E-state index contributed by atoms with van der Waals surface area (Å²) >= 11 is 0. The van der Waals surface area contributed by atoms with Crippen LogP contribution < -0.4 is 11.5 Å². The van der Waals surface area contributed by atoms with E-state index in [9.17, 15) is 17.6 Å². The summed E-state index contributed by atoms with van der Waals surface area (Å²) in [5.74, 6) is 0.176. The molecule has 5 N–H and O–H groups in total. The van der Waals surface area contributed by atoms with E-state index in [1.54, 1.807) is 6.92 Å². The summed E-state index contributed by atoms with van der Waals surface area (Å²) in [5.41, 5.74) is 13.4. The molecule has 3 rings (SSSR count). The Kier molecular flexibility index (Phi) is 6.76. The van der Waals surface area contributed by atoms with Crippen molar-refractivity contribution in [1.82, 2.24) is 19.7 Å². The van der Waals surface area contributed by atoms with Crippen molar-refractivity contribution in [2.45, 2.75) is 19.8 Å². The lowest BCUT2D eigenvalue weighted by molar-refractivity contribution is 0.142. The fourth-order valence-electron chi connectivity index (χ4n) is 3.09. The number of nitrogen functional groups attached to an aromatic ring is 2. The molecule has 0 atom stereocenters. The molecule has 11 heteroatoms. The van der Waals surface area contributed by atoms with Crippen LogP contribution in [0.3, 0.4) is 0 Å². The van der Waals surface area contributed by atoms with E-state index in [-0.39, 0.29) is 28.7 Å². The molecule has 3 aromatic rings. The lowest BCUT2D eigenvalue weighted by Crippen LogP contribution is -2.08. The number of hydrogen-bond acceptors (Lipinski definition) is 5. The zero-order chi connectivity index (χ0) is 23.4. The number of nitrogens with zero attached hydrogens (tertiary/aromatic N) is 4. The van der Waals surface area contributed by atoms with Gasteiger partial charge in [-0.05, 0) is 19.1 Å². The molecule has 2 aromatic heterocycles. The Bertz CT molecular complexity index is 1180. The molecule has 0 amide bonds. The number of anilines is 2. The predicted octanol–water partition coefficient (Wildman–Crippen LogP) is 4.54. The molecule has 0 aliphatic carbocycles. The number of nitrogens with two attached hydrogens (primary N) is 2. The van der Waals surface area contributed by atoms with E-state index in [0.29, 0.717) is 22.5 Å². The van der Waals surface area contributed by atoms with Gasteiger partial charge in [-0.25, -0.2) is 27.2 Å². The Morgan fingerprint density at radius 3 is 2.31 bits per heavy atom. The van der Waals surface area contributed by atoms with Gasteiger partial charge in [0.05, 0.1) is 11.4 Å². The van der Waals surface area contributed by atoms with Crippen molar-refractivity contribution in [1.29, 1.82) is 0 Å². The van der Waals surface area contributed by atoms with Crippen molar-refractivity contribution in [2.75, 3.05) is 18.5 Å². The third kappa shape index (κ3) is 4.88. The Morgan fingerprint density at radius 1 is 1.03 bits per heavy atom. The maximum atomic E-state index is 13.4. The molecule has 0 radical (unpaired) electrons. The van der Waals surface area contributed by atoms with Crippen molar-refractivity contribution >= 4 is 17.3 Å². The summed E-state index contributed by atoms with van der Waals surface area (Å²) in [5, 5.41) is 4.07. The lowest BCUT2D eigenvalue weighted by atomic mass is 10.0. The second-order valence-electron chi connectivity index (χ2n) is 6.77. The number of aromatic nitrogens is 4. The quantitative estimate of drug-likeness (QED) is 0.394. The van der Waals surface area contributed by atoms with Gasteiger partial charge in [0.2, 0.25) is 0 Å². The predicted molar refractivity (Wildman–Crippen MR) is 115 cm³/mol. The number of nitrogens with one attached hydrogen (secondary N) is 1. The summed E-state index contributed by atoms with van der Waals surface area (Å²) < 4.78 is 53.6. The first kappa shape index (κ1) is 22.8. The highest BCUT2D eigenvalue weighted by atomic mass is 19.3. The number of hydrogen-bond donors (Lipinski definition) is 3. The molecule has 0 aliphatic heterocycles. The first-order valence-electron chi connectivity index (χ1n) is 9.40. The number of benzene rings is 1. The topological polar surface area (TPSA) is 111 Å². The smallest absolute Gasteiger partial charge is 0.280 e. The van der Waals surface area contributed by atoms with Crippen molar-refractivity contribution in [3.8, 4) is 5.82 Å². The Labute approximate surface area is 181 Å². The van der Waals surface area contributed by atoms with Crippen LogP contribution in [0.4, 0.5) is 29.2 Å². The maximum Gasteiger partial charge on any atom is 0.280 e. The minimum absolute atomic E-state index is 0.0271. The number of aryl methyl sites for hydroxylation is 1. The molecule has 0 saturated carbocycles. The molecule has 168 valence electrons. The molecule has 7 nitrogen and oxygen atoms in total. The van der Waals surface area contributed by atoms with E-state index < -0.39 is 12.9 Å². The summed E-state index contributed by atoms with van der Waals surface area (Å²) in [6.07, 6.45) is -4.02. The summed E-state index contributed by atoms with van der Waals surface area (Å²) in [6, 6.07) is 9.67. The zero-order valence-electron chi connectivity index (χ0n) is 17.2. The number of aromatic amines is 1. The highest BCUT2D eigenvalue weighted by molar-refractivity contribution is 6.15. The molecule has 0 aliphatic rings. The van der Waals surface area contributed by atoms with Gasteiger partial charge in [0.15, 0.2) is 5.82 Å². The Balaban J connectivity index is 2.14. The molecular weight excluding hydrogens is 426 g/mol. The summed E-state index contributed by atoms with van der Waals surface area (Å²) in [4.78, 5) is 11.2. The minimum Gasteiger partial charge on any atom is -0.385 e. The van der Waals surface area contributed by atoms with E-state index in [1.165, 1.54) is 55.7 Å². The van der Waals surface area contributed by atoms with Crippen LogP contribution in [0.25, 0.3) is 5.82 Å². The van der Waals surface area contributed by atoms with Gasteiger partial charge in [-0.2, -0.15) is 5.10 Å². The van der Waals surface area contributed by atoms with Gasteiger partial charge in [0.25, 0.3) is 12.9 Å². The normalized spacial score (nSPS) is 11.8. The maximum absolute atomic E-state index is 13.4. The molecule has 2 heterocycles. The van der Waals surface area contributed by atoms with Crippen molar-refractivity contribution < 1.29 is 17.6 Å². The monoisotopic (exact) mass is 447 g/mol. The number of aliphatic imine (C=N–C) groups is 1. The van der Waals surface area contributed by atoms with E-state index in [2.05, 4.69) is 20.1 Å². The van der Waals surface area contributed by atoms with E-state index in [4.69, 9.17) is 11.5 Å². The van der Waals surface area contributed by atoms with Crippen LogP contribution >= 0.6 is 0 Å². The molecule has 0 unspecified atom stereocenters. The number of rotatable bonds is 5. The van der Waals surface area contributed by atoms with Gasteiger partial charge in [-0.3, -0.25) is 4.99 Å². The highest BCUT2D eigenvalue weighted by Gasteiger charge is 2.17. The minimum atomic E-state index is -2.77. The first-order chi connectivity index (χ1) is 15.2. The number of alkyl halides is 4. The molecule has 1 aromatic carbocycles. The van der Waals surface area contributed by atoms with Crippen LogP contribution in [0.1, 0.15) is 40.9 Å². The van der Waals surface area contributed by atoms with Crippen molar-refractivity contribution in [2.24, 2.45) is 4.99 Å². The first-order valence-corrected chi connectivity index (χ1v) is 9.40. The fraction of sp³-hybridized carbons (Fsp3) is 0.190. The van der Waals surface area contributed by atoms with E-state index >= 15 is 0 Å². The van der Waals surface area contributed by atoms with Crippen LogP contribution in [0, 0.1) is 6.92 Å². The van der Waals surface area contributed by atoms with Crippen LogP contribution in [-0.4, -0.2) is 32.5 Å². The van der Waals surface area contributed by atoms with Crippen molar-refractivity contribution in [3.05, 3.63) is 76.7 Å². The van der Waals surface area contributed by atoms with Crippen LogP contribution in [0.15, 0.2) is 53.7 Å². The average molecular weight is 447 g/mol. The lowest BCUT2D eigenvalue weighted by Gasteiger charge is -2.09. The summed E-state index contributed by atoms with van der Waals surface area (Å²) in [7, 11) is 1.52. The largest absolute Gasteiger partial charge is 0.385 e. The van der Waals surface area contributed by atoms with Gasteiger partial charge in [0, 0.05) is 36.0 Å². The second-order valence-corrected chi connectivity index (χ2v) is 6.77. The van der Waals surface area contributed by atoms with Gasteiger partial charge < -0.3 is 16.5 Å². The molecule has 0 saturated heterocycles. The van der Waals surface area contributed by atoms with Gasteiger partial charge in [-0.1, -0.05) is 24.3 Å².